The summed E-state index contributed by atoms with van der Waals surface area (Å²) in [5.41, 5.74) is 4.96. The van der Waals surface area contributed by atoms with E-state index in [0.29, 0.717) is 19.6 Å². The minimum absolute atomic E-state index is 0.232. The van der Waals surface area contributed by atoms with Crippen molar-refractivity contribution in [1.29, 1.82) is 0 Å². The van der Waals surface area contributed by atoms with Gasteiger partial charge in [0.05, 0.1) is 11.6 Å². The smallest absolute Gasteiger partial charge is 0.237 e. The van der Waals surface area contributed by atoms with Crippen molar-refractivity contribution in [3.8, 4) is 0 Å². The van der Waals surface area contributed by atoms with E-state index in [4.69, 9.17) is 15.2 Å². The highest BCUT2D eigenvalue weighted by molar-refractivity contribution is 5.84. The summed E-state index contributed by atoms with van der Waals surface area (Å²) in [6.07, 6.45) is 4.71. The molecule has 17 heavy (non-hydrogen) atoms. The number of hydrogen-bond acceptors (Lipinski definition) is 4. The molecule has 0 aromatic carbocycles. The van der Waals surface area contributed by atoms with E-state index in [9.17, 15) is 4.79 Å². The van der Waals surface area contributed by atoms with Crippen LogP contribution in [0.3, 0.4) is 0 Å². The van der Waals surface area contributed by atoms with Gasteiger partial charge < -0.3 is 20.5 Å². The van der Waals surface area contributed by atoms with Crippen LogP contribution in [-0.2, 0) is 14.3 Å². The first-order chi connectivity index (χ1) is 8.23. The van der Waals surface area contributed by atoms with E-state index < -0.39 is 5.54 Å². The molecule has 5 nitrogen and oxygen atoms in total. The van der Waals surface area contributed by atoms with Crippen LogP contribution in [0.15, 0.2) is 0 Å². The molecule has 5 heteroatoms. The third-order valence-corrected chi connectivity index (χ3v) is 3.73. The fraction of sp³-hybridized carbons (Fsp3) is 0.917. The summed E-state index contributed by atoms with van der Waals surface area (Å²) in [6.45, 7) is 2.86. The maximum atomic E-state index is 11.7. The second kappa shape index (κ2) is 5.80. The van der Waals surface area contributed by atoms with Gasteiger partial charge in [-0.2, -0.15) is 0 Å². The van der Waals surface area contributed by atoms with Crippen molar-refractivity contribution >= 4 is 5.91 Å². The van der Waals surface area contributed by atoms with Gasteiger partial charge in [-0.3, -0.25) is 4.79 Å². The van der Waals surface area contributed by atoms with Crippen LogP contribution in [0.2, 0.25) is 0 Å². The molecule has 2 aliphatic rings. The van der Waals surface area contributed by atoms with Gasteiger partial charge in [-0.1, -0.05) is 0 Å². The number of carbonyl (C=O) groups excluding carboxylic acids is 1. The lowest BCUT2D eigenvalue weighted by Crippen LogP contribution is -2.57. The average molecular weight is 242 g/mol. The van der Waals surface area contributed by atoms with Crippen molar-refractivity contribution in [1.82, 2.24) is 5.32 Å². The number of ether oxygens (including phenoxy) is 2. The standard InChI is InChI=1S/C12H22N2O3/c13-11(15)12(4-2-6-16-8-5-12)14-9-10-3-1-7-17-10/h10,14H,1-9H2,(H2,13,15). The lowest BCUT2D eigenvalue weighted by molar-refractivity contribution is -0.125. The van der Waals surface area contributed by atoms with Crippen LogP contribution in [0, 0.1) is 0 Å². The van der Waals surface area contributed by atoms with Crippen LogP contribution in [0.4, 0.5) is 0 Å². The Morgan fingerprint density at radius 3 is 2.88 bits per heavy atom. The van der Waals surface area contributed by atoms with Crippen LogP contribution in [-0.4, -0.2) is 43.9 Å². The molecule has 1 amide bonds. The molecule has 0 aliphatic carbocycles. The van der Waals surface area contributed by atoms with Gasteiger partial charge in [0.1, 0.15) is 0 Å². The molecule has 0 spiro atoms. The fourth-order valence-electron chi connectivity index (χ4n) is 2.57. The molecule has 2 saturated heterocycles. The largest absolute Gasteiger partial charge is 0.381 e. The lowest BCUT2D eigenvalue weighted by atomic mass is 9.89. The molecule has 2 heterocycles. The molecule has 0 radical (unpaired) electrons. The Labute approximate surface area is 102 Å². The van der Waals surface area contributed by atoms with Gasteiger partial charge in [-0.05, 0) is 32.1 Å². The monoisotopic (exact) mass is 242 g/mol. The molecule has 2 unspecified atom stereocenters. The zero-order valence-electron chi connectivity index (χ0n) is 10.2. The number of carbonyl (C=O) groups is 1. The summed E-state index contributed by atoms with van der Waals surface area (Å²) < 4.78 is 10.9. The Balaban J connectivity index is 1.92. The van der Waals surface area contributed by atoms with E-state index in [-0.39, 0.29) is 12.0 Å². The molecule has 3 N–H and O–H groups in total. The molecule has 2 atom stereocenters. The van der Waals surface area contributed by atoms with Crippen molar-refractivity contribution in [3.05, 3.63) is 0 Å². The average Bonchev–Trinajstić information content (AvgIpc) is 2.71. The number of nitrogens with two attached hydrogens (primary N) is 1. The first kappa shape index (κ1) is 12.8. The summed E-state index contributed by atoms with van der Waals surface area (Å²) in [4.78, 5) is 11.7. The first-order valence-corrected chi connectivity index (χ1v) is 6.47. The molecule has 0 bridgehead atoms. The zero-order valence-corrected chi connectivity index (χ0v) is 10.2. The Morgan fingerprint density at radius 2 is 2.18 bits per heavy atom. The van der Waals surface area contributed by atoms with Gasteiger partial charge in [0.15, 0.2) is 0 Å². The van der Waals surface area contributed by atoms with E-state index in [2.05, 4.69) is 5.32 Å². The summed E-state index contributed by atoms with van der Waals surface area (Å²) in [6, 6.07) is 0. The van der Waals surface area contributed by atoms with Gasteiger partial charge in [0, 0.05) is 26.4 Å². The molecule has 98 valence electrons. The van der Waals surface area contributed by atoms with Crippen LogP contribution in [0.5, 0.6) is 0 Å². The molecule has 2 rings (SSSR count). The van der Waals surface area contributed by atoms with Crippen molar-refractivity contribution < 1.29 is 14.3 Å². The summed E-state index contributed by atoms with van der Waals surface area (Å²) in [7, 11) is 0. The second-order valence-corrected chi connectivity index (χ2v) is 4.93. The molecular weight excluding hydrogens is 220 g/mol. The quantitative estimate of drug-likeness (QED) is 0.737. The molecule has 0 saturated carbocycles. The molecule has 2 fully saturated rings. The minimum Gasteiger partial charge on any atom is -0.381 e. The van der Waals surface area contributed by atoms with Gasteiger partial charge in [0.2, 0.25) is 5.91 Å². The highest BCUT2D eigenvalue weighted by atomic mass is 16.5. The first-order valence-electron chi connectivity index (χ1n) is 6.47. The topological polar surface area (TPSA) is 73.6 Å². The second-order valence-electron chi connectivity index (χ2n) is 4.93. The number of rotatable bonds is 4. The normalized spacial score (nSPS) is 34.5. The molecule has 0 aromatic rings. The maximum Gasteiger partial charge on any atom is 0.237 e. The zero-order chi connectivity index (χ0) is 12.1. The van der Waals surface area contributed by atoms with Crippen molar-refractivity contribution in [3.63, 3.8) is 0 Å². The SMILES string of the molecule is NC(=O)C1(NCC2CCCO2)CCCOCC1. The lowest BCUT2D eigenvalue weighted by Gasteiger charge is -2.31. The van der Waals surface area contributed by atoms with Crippen molar-refractivity contribution in [2.24, 2.45) is 5.73 Å². The summed E-state index contributed by atoms with van der Waals surface area (Å²) in [5.74, 6) is -0.263. The minimum atomic E-state index is -0.595. The van der Waals surface area contributed by atoms with E-state index in [1.807, 2.05) is 0 Å². The summed E-state index contributed by atoms with van der Waals surface area (Å²) >= 11 is 0. The number of nitrogens with one attached hydrogen (secondary N) is 1. The third kappa shape index (κ3) is 3.18. The van der Waals surface area contributed by atoms with Crippen molar-refractivity contribution in [2.75, 3.05) is 26.4 Å². The predicted octanol–water partition coefficient (Wildman–Crippen LogP) is 0.180. The van der Waals surface area contributed by atoms with Crippen LogP contribution in [0.1, 0.15) is 32.1 Å². The van der Waals surface area contributed by atoms with E-state index in [0.717, 1.165) is 38.9 Å². The Bertz CT molecular complexity index is 256. The molecule has 2 aliphatic heterocycles. The Hall–Kier alpha value is -0.650. The molecule has 0 aromatic heterocycles. The number of hydrogen-bond donors (Lipinski definition) is 2. The predicted molar refractivity (Wildman–Crippen MR) is 63.6 cm³/mol. The van der Waals surface area contributed by atoms with Crippen LogP contribution < -0.4 is 11.1 Å². The highest BCUT2D eigenvalue weighted by Gasteiger charge is 2.37. The van der Waals surface area contributed by atoms with Crippen LogP contribution in [0.25, 0.3) is 0 Å². The third-order valence-electron chi connectivity index (χ3n) is 3.73. The Morgan fingerprint density at radius 1 is 1.29 bits per heavy atom. The molecular formula is C12H22N2O3. The van der Waals surface area contributed by atoms with E-state index in [1.54, 1.807) is 0 Å². The van der Waals surface area contributed by atoms with Gasteiger partial charge in [-0.25, -0.2) is 0 Å². The van der Waals surface area contributed by atoms with Crippen LogP contribution >= 0.6 is 0 Å². The van der Waals surface area contributed by atoms with Crippen molar-refractivity contribution in [2.45, 2.75) is 43.7 Å². The van der Waals surface area contributed by atoms with Gasteiger partial charge >= 0.3 is 0 Å². The van der Waals surface area contributed by atoms with E-state index in [1.165, 1.54) is 0 Å². The fourth-order valence-corrected chi connectivity index (χ4v) is 2.57. The van der Waals surface area contributed by atoms with E-state index >= 15 is 0 Å². The number of amides is 1. The maximum absolute atomic E-state index is 11.7. The Kier molecular flexibility index (Phi) is 4.36. The number of primary amides is 1. The highest BCUT2D eigenvalue weighted by Crippen LogP contribution is 2.22. The van der Waals surface area contributed by atoms with Gasteiger partial charge in [-0.15, -0.1) is 0 Å². The van der Waals surface area contributed by atoms with Gasteiger partial charge in [0.25, 0.3) is 0 Å². The summed E-state index contributed by atoms with van der Waals surface area (Å²) in [5, 5.41) is 3.34.